The first-order valence-corrected chi connectivity index (χ1v) is 7.62. The van der Waals surface area contributed by atoms with Gasteiger partial charge in [-0.05, 0) is 38.5 Å². The monoisotopic (exact) mass is 269 g/mol. The van der Waals surface area contributed by atoms with Crippen LogP contribution in [0, 0.1) is 5.92 Å². The van der Waals surface area contributed by atoms with Crippen molar-refractivity contribution in [2.24, 2.45) is 5.92 Å². The minimum atomic E-state index is -0.554. The van der Waals surface area contributed by atoms with Crippen LogP contribution in [0.15, 0.2) is 0 Å². The second kappa shape index (κ2) is 6.71. The van der Waals surface area contributed by atoms with Crippen LogP contribution in [0.3, 0.4) is 0 Å². The molecule has 4 heteroatoms. The summed E-state index contributed by atoms with van der Waals surface area (Å²) in [5.41, 5.74) is -0.554. The Balaban J connectivity index is 1.98. The highest BCUT2D eigenvalue weighted by atomic mass is 16.5. The SMILES string of the molecule is COC(=O)C(C)(NCC1CCCO1)C1CCCCC1. The van der Waals surface area contributed by atoms with Crippen LogP contribution < -0.4 is 5.32 Å². The highest BCUT2D eigenvalue weighted by Crippen LogP contribution is 2.33. The van der Waals surface area contributed by atoms with Gasteiger partial charge in [0.25, 0.3) is 0 Å². The highest BCUT2D eigenvalue weighted by molar-refractivity contribution is 5.80. The summed E-state index contributed by atoms with van der Waals surface area (Å²) < 4.78 is 10.7. The van der Waals surface area contributed by atoms with E-state index in [-0.39, 0.29) is 12.1 Å². The van der Waals surface area contributed by atoms with Gasteiger partial charge >= 0.3 is 5.97 Å². The van der Waals surface area contributed by atoms with Crippen molar-refractivity contribution < 1.29 is 14.3 Å². The van der Waals surface area contributed by atoms with Gasteiger partial charge in [-0.3, -0.25) is 10.1 Å². The Morgan fingerprint density at radius 2 is 2.00 bits per heavy atom. The van der Waals surface area contributed by atoms with Gasteiger partial charge in [0.05, 0.1) is 13.2 Å². The zero-order chi connectivity index (χ0) is 13.7. The van der Waals surface area contributed by atoms with Crippen LogP contribution in [-0.2, 0) is 14.3 Å². The van der Waals surface area contributed by atoms with E-state index >= 15 is 0 Å². The molecule has 1 aliphatic heterocycles. The number of hydrogen-bond donors (Lipinski definition) is 1. The first-order chi connectivity index (χ1) is 9.16. The molecule has 1 saturated carbocycles. The Bertz CT molecular complexity index is 296. The lowest BCUT2D eigenvalue weighted by molar-refractivity contribution is -0.151. The Morgan fingerprint density at radius 3 is 2.58 bits per heavy atom. The van der Waals surface area contributed by atoms with Crippen LogP contribution in [0.4, 0.5) is 0 Å². The number of hydrogen-bond acceptors (Lipinski definition) is 4. The topological polar surface area (TPSA) is 47.6 Å². The molecule has 0 aromatic rings. The van der Waals surface area contributed by atoms with Gasteiger partial charge in [0.2, 0.25) is 0 Å². The Kier molecular flexibility index (Phi) is 5.22. The molecule has 2 unspecified atom stereocenters. The van der Waals surface area contributed by atoms with Crippen molar-refractivity contribution in [3.8, 4) is 0 Å². The normalized spacial score (nSPS) is 28.0. The van der Waals surface area contributed by atoms with Crippen molar-refractivity contribution in [2.75, 3.05) is 20.3 Å². The Labute approximate surface area is 116 Å². The van der Waals surface area contributed by atoms with Crippen molar-refractivity contribution in [1.29, 1.82) is 0 Å². The van der Waals surface area contributed by atoms with Gasteiger partial charge in [-0.1, -0.05) is 19.3 Å². The van der Waals surface area contributed by atoms with E-state index in [0.29, 0.717) is 5.92 Å². The molecule has 0 amide bonds. The maximum Gasteiger partial charge on any atom is 0.326 e. The first kappa shape index (κ1) is 14.8. The Morgan fingerprint density at radius 1 is 1.26 bits per heavy atom. The van der Waals surface area contributed by atoms with Crippen LogP contribution in [0.2, 0.25) is 0 Å². The van der Waals surface area contributed by atoms with Crippen molar-refractivity contribution in [2.45, 2.75) is 63.5 Å². The molecule has 1 N–H and O–H groups in total. The third-order valence-electron chi connectivity index (χ3n) is 4.75. The lowest BCUT2D eigenvalue weighted by atomic mass is 9.75. The standard InChI is InChI=1S/C15H27NO3/c1-15(14(17)18-2,12-7-4-3-5-8-12)16-11-13-9-6-10-19-13/h12-13,16H,3-11H2,1-2H3. The zero-order valence-electron chi connectivity index (χ0n) is 12.2. The summed E-state index contributed by atoms with van der Waals surface area (Å²) in [5, 5.41) is 3.46. The fourth-order valence-electron chi connectivity index (χ4n) is 3.41. The summed E-state index contributed by atoms with van der Waals surface area (Å²) in [4.78, 5) is 12.2. The van der Waals surface area contributed by atoms with E-state index in [0.717, 1.165) is 38.8 Å². The van der Waals surface area contributed by atoms with E-state index < -0.39 is 5.54 Å². The van der Waals surface area contributed by atoms with Gasteiger partial charge in [0.1, 0.15) is 5.54 Å². The zero-order valence-corrected chi connectivity index (χ0v) is 12.2. The molecule has 1 saturated heterocycles. The molecule has 2 rings (SSSR count). The third-order valence-corrected chi connectivity index (χ3v) is 4.75. The predicted molar refractivity (Wildman–Crippen MR) is 74.0 cm³/mol. The predicted octanol–water partition coefficient (Wildman–Crippen LogP) is 2.27. The largest absolute Gasteiger partial charge is 0.468 e. The molecule has 1 heterocycles. The number of carbonyl (C=O) groups excluding carboxylic acids is 1. The second-order valence-corrected chi connectivity index (χ2v) is 6.04. The van der Waals surface area contributed by atoms with Gasteiger partial charge < -0.3 is 9.47 Å². The van der Waals surface area contributed by atoms with Crippen LogP contribution in [0.25, 0.3) is 0 Å². The minimum absolute atomic E-state index is 0.127. The van der Waals surface area contributed by atoms with E-state index in [1.54, 1.807) is 0 Å². The van der Waals surface area contributed by atoms with E-state index in [4.69, 9.17) is 9.47 Å². The summed E-state index contributed by atoms with van der Waals surface area (Å²) in [7, 11) is 1.48. The third kappa shape index (κ3) is 3.48. The summed E-state index contributed by atoms with van der Waals surface area (Å²) in [6, 6.07) is 0. The molecule has 19 heavy (non-hydrogen) atoms. The van der Waals surface area contributed by atoms with Crippen molar-refractivity contribution in [3.05, 3.63) is 0 Å². The maximum absolute atomic E-state index is 12.2. The molecule has 0 radical (unpaired) electrons. The van der Waals surface area contributed by atoms with Crippen LogP contribution >= 0.6 is 0 Å². The van der Waals surface area contributed by atoms with E-state index in [1.165, 1.54) is 26.4 Å². The summed E-state index contributed by atoms with van der Waals surface area (Å²) >= 11 is 0. The number of nitrogens with one attached hydrogen (secondary N) is 1. The fraction of sp³-hybridized carbons (Fsp3) is 0.933. The summed E-state index contributed by atoms with van der Waals surface area (Å²) in [6.07, 6.45) is 8.44. The van der Waals surface area contributed by atoms with Crippen LogP contribution in [-0.4, -0.2) is 37.9 Å². The van der Waals surface area contributed by atoms with Gasteiger partial charge in [0.15, 0.2) is 0 Å². The minimum Gasteiger partial charge on any atom is -0.468 e. The average Bonchev–Trinajstić information content (AvgIpc) is 2.98. The number of ether oxygens (including phenoxy) is 2. The van der Waals surface area contributed by atoms with Crippen molar-refractivity contribution in [3.63, 3.8) is 0 Å². The maximum atomic E-state index is 12.2. The molecule has 1 aliphatic carbocycles. The van der Waals surface area contributed by atoms with E-state index in [9.17, 15) is 4.79 Å². The van der Waals surface area contributed by atoms with Gasteiger partial charge in [-0.25, -0.2) is 0 Å². The number of carbonyl (C=O) groups is 1. The number of esters is 1. The molecule has 0 aromatic heterocycles. The molecular formula is C15H27NO3. The highest BCUT2D eigenvalue weighted by Gasteiger charge is 2.42. The molecule has 0 aromatic carbocycles. The molecule has 2 fully saturated rings. The van der Waals surface area contributed by atoms with Crippen LogP contribution in [0.1, 0.15) is 51.9 Å². The average molecular weight is 269 g/mol. The number of methoxy groups -OCH3 is 1. The molecule has 0 bridgehead atoms. The van der Waals surface area contributed by atoms with E-state index in [1.807, 2.05) is 6.92 Å². The Hall–Kier alpha value is -0.610. The smallest absolute Gasteiger partial charge is 0.326 e. The summed E-state index contributed by atoms with van der Waals surface area (Å²) in [5.74, 6) is 0.257. The van der Waals surface area contributed by atoms with Crippen molar-refractivity contribution in [1.82, 2.24) is 5.32 Å². The van der Waals surface area contributed by atoms with Crippen LogP contribution in [0.5, 0.6) is 0 Å². The molecule has 4 nitrogen and oxygen atoms in total. The second-order valence-electron chi connectivity index (χ2n) is 6.04. The molecule has 110 valence electrons. The number of rotatable bonds is 5. The quantitative estimate of drug-likeness (QED) is 0.778. The molecule has 2 atom stereocenters. The fourth-order valence-corrected chi connectivity index (χ4v) is 3.41. The lowest BCUT2D eigenvalue weighted by Crippen LogP contribution is -2.57. The molecule has 2 aliphatic rings. The van der Waals surface area contributed by atoms with Gasteiger partial charge in [-0.15, -0.1) is 0 Å². The lowest BCUT2D eigenvalue weighted by Gasteiger charge is -2.38. The molecule has 0 spiro atoms. The van der Waals surface area contributed by atoms with Crippen molar-refractivity contribution >= 4 is 5.97 Å². The van der Waals surface area contributed by atoms with Gasteiger partial charge in [0, 0.05) is 13.2 Å². The van der Waals surface area contributed by atoms with E-state index in [2.05, 4.69) is 5.32 Å². The van der Waals surface area contributed by atoms with Gasteiger partial charge in [-0.2, -0.15) is 0 Å². The molecular weight excluding hydrogens is 242 g/mol. The summed E-state index contributed by atoms with van der Waals surface area (Å²) in [6.45, 7) is 3.61. The first-order valence-electron chi connectivity index (χ1n) is 7.62.